The Labute approximate surface area is 114 Å². The van der Waals surface area contributed by atoms with Crippen LogP contribution in [0.5, 0.6) is 0 Å². The van der Waals surface area contributed by atoms with Gasteiger partial charge in [-0.15, -0.1) is 0 Å². The first kappa shape index (κ1) is 13.3. The Balaban J connectivity index is 2.01. The predicted molar refractivity (Wildman–Crippen MR) is 77.6 cm³/mol. The first-order valence-electron chi connectivity index (χ1n) is 6.48. The molecule has 2 nitrogen and oxygen atoms in total. The van der Waals surface area contributed by atoms with E-state index in [1.165, 1.54) is 11.1 Å². The van der Waals surface area contributed by atoms with E-state index in [0.717, 1.165) is 17.7 Å². The fraction of sp³-hybridized carbons (Fsp3) is 0.235. The van der Waals surface area contributed by atoms with E-state index in [0.29, 0.717) is 6.04 Å². The molecule has 2 heteroatoms. The number of hydrogen-bond acceptors (Lipinski definition) is 2. The highest BCUT2D eigenvalue weighted by Crippen LogP contribution is 2.14. The van der Waals surface area contributed by atoms with Crippen molar-refractivity contribution < 1.29 is 0 Å². The van der Waals surface area contributed by atoms with Crippen molar-refractivity contribution in [1.29, 1.82) is 5.26 Å². The molecule has 1 atom stereocenters. The Hall–Kier alpha value is -2.11. The van der Waals surface area contributed by atoms with E-state index in [1.54, 1.807) is 0 Å². The van der Waals surface area contributed by atoms with Gasteiger partial charge in [-0.05, 0) is 42.7 Å². The first-order chi connectivity index (χ1) is 9.20. The molecule has 0 aliphatic heterocycles. The van der Waals surface area contributed by atoms with Crippen LogP contribution in [0.3, 0.4) is 0 Å². The second-order valence-corrected chi connectivity index (χ2v) is 4.77. The Bertz CT molecular complexity index is 582. The van der Waals surface area contributed by atoms with Crippen LogP contribution in [0, 0.1) is 18.3 Å². The molecule has 0 amide bonds. The number of nitrogens with one attached hydrogen (secondary N) is 1. The van der Waals surface area contributed by atoms with Crippen molar-refractivity contribution in [2.45, 2.75) is 26.4 Å². The van der Waals surface area contributed by atoms with Gasteiger partial charge >= 0.3 is 0 Å². The molecular weight excluding hydrogens is 232 g/mol. The SMILES string of the molecule is Cc1cc(C#N)ccc1CN[C@@H](C)c1ccccc1. The molecule has 96 valence electrons. The number of rotatable bonds is 4. The lowest BCUT2D eigenvalue weighted by atomic mass is 10.0. The van der Waals surface area contributed by atoms with Gasteiger partial charge in [0.05, 0.1) is 11.6 Å². The molecule has 0 aromatic heterocycles. The topological polar surface area (TPSA) is 35.8 Å². The molecule has 0 fully saturated rings. The molecule has 2 aromatic carbocycles. The summed E-state index contributed by atoms with van der Waals surface area (Å²) in [6.45, 7) is 5.02. The van der Waals surface area contributed by atoms with E-state index in [1.807, 2.05) is 31.2 Å². The van der Waals surface area contributed by atoms with Crippen LogP contribution in [-0.4, -0.2) is 0 Å². The van der Waals surface area contributed by atoms with E-state index in [4.69, 9.17) is 5.26 Å². The summed E-state index contributed by atoms with van der Waals surface area (Å²) in [6, 6.07) is 18.7. The van der Waals surface area contributed by atoms with Gasteiger partial charge in [0, 0.05) is 12.6 Å². The third kappa shape index (κ3) is 3.43. The fourth-order valence-corrected chi connectivity index (χ4v) is 2.09. The number of nitriles is 1. The van der Waals surface area contributed by atoms with Crippen molar-refractivity contribution in [3.63, 3.8) is 0 Å². The molecule has 2 rings (SSSR count). The molecule has 0 spiro atoms. The van der Waals surface area contributed by atoms with Crippen LogP contribution in [0.4, 0.5) is 0 Å². The van der Waals surface area contributed by atoms with Gasteiger partial charge in [0.25, 0.3) is 0 Å². The summed E-state index contributed by atoms with van der Waals surface area (Å²) in [5.41, 5.74) is 4.40. The summed E-state index contributed by atoms with van der Waals surface area (Å²) in [6.07, 6.45) is 0. The minimum absolute atomic E-state index is 0.316. The number of nitrogens with zero attached hydrogens (tertiary/aromatic N) is 1. The third-order valence-electron chi connectivity index (χ3n) is 3.37. The molecular formula is C17H18N2. The van der Waals surface area contributed by atoms with Crippen LogP contribution in [0.25, 0.3) is 0 Å². The zero-order valence-corrected chi connectivity index (χ0v) is 11.4. The molecule has 0 radical (unpaired) electrons. The maximum atomic E-state index is 8.85. The van der Waals surface area contributed by atoms with Gasteiger partial charge in [0.2, 0.25) is 0 Å². The van der Waals surface area contributed by atoms with E-state index in [-0.39, 0.29) is 0 Å². The highest BCUT2D eigenvalue weighted by atomic mass is 14.9. The minimum Gasteiger partial charge on any atom is -0.306 e. The second kappa shape index (κ2) is 6.17. The molecule has 0 saturated carbocycles. The van der Waals surface area contributed by atoms with Crippen molar-refractivity contribution in [3.8, 4) is 6.07 Å². The lowest BCUT2D eigenvalue weighted by Gasteiger charge is -2.15. The molecule has 0 heterocycles. The fourth-order valence-electron chi connectivity index (χ4n) is 2.09. The number of benzene rings is 2. The minimum atomic E-state index is 0.316. The maximum absolute atomic E-state index is 8.85. The average molecular weight is 250 g/mol. The molecule has 2 aromatic rings. The van der Waals surface area contributed by atoms with Crippen LogP contribution in [0.2, 0.25) is 0 Å². The van der Waals surface area contributed by atoms with E-state index in [2.05, 4.69) is 42.6 Å². The van der Waals surface area contributed by atoms with Crippen molar-refractivity contribution in [2.75, 3.05) is 0 Å². The summed E-state index contributed by atoms with van der Waals surface area (Å²) < 4.78 is 0. The number of aryl methyl sites for hydroxylation is 1. The first-order valence-corrected chi connectivity index (χ1v) is 6.48. The Morgan fingerprint density at radius 3 is 2.53 bits per heavy atom. The van der Waals surface area contributed by atoms with Crippen LogP contribution >= 0.6 is 0 Å². The van der Waals surface area contributed by atoms with Crippen molar-refractivity contribution in [1.82, 2.24) is 5.32 Å². The Morgan fingerprint density at radius 1 is 1.16 bits per heavy atom. The molecule has 19 heavy (non-hydrogen) atoms. The van der Waals surface area contributed by atoms with Gasteiger partial charge in [-0.1, -0.05) is 36.4 Å². The molecule has 0 aliphatic carbocycles. The van der Waals surface area contributed by atoms with Crippen molar-refractivity contribution >= 4 is 0 Å². The quantitative estimate of drug-likeness (QED) is 0.897. The smallest absolute Gasteiger partial charge is 0.0991 e. The van der Waals surface area contributed by atoms with Gasteiger partial charge in [-0.3, -0.25) is 0 Å². The molecule has 0 saturated heterocycles. The predicted octanol–water partition coefficient (Wildman–Crippen LogP) is 3.72. The van der Waals surface area contributed by atoms with Crippen LogP contribution in [0.1, 0.15) is 35.2 Å². The third-order valence-corrected chi connectivity index (χ3v) is 3.37. The van der Waals surface area contributed by atoms with Gasteiger partial charge in [0.1, 0.15) is 0 Å². The molecule has 0 unspecified atom stereocenters. The summed E-state index contributed by atoms with van der Waals surface area (Å²) in [7, 11) is 0. The summed E-state index contributed by atoms with van der Waals surface area (Å²) in [5, 5.41) is 12.4. The van der Waals surface area contributed by atoms with Gasteiger partial charge in [-0.25, -0.2) is 0 Å². The van der Waals surface area contributed by atoms with Crippen LogP contribution in [0.15, 0.2) is 48.5 Å². The van der Waals surface area contributed by atoms with E-state index < -0.39 is 0 Å². The summed E-state index contributed by atoms with van der Waals surface area (Å²) in [4.78, 5) is 0. The average Bonchev–Trinajstić information content (AvgIpc) is 2.46. The second-order valence-electron chi connectivity index (χ2n) is 4.77. The largest absolute Gasteiger partial charge is 0.306 e. The van der Waals surface area contributed by atoms with Gasteiger partial charge < -0.3 is 5.32 Å². The summed E-state index contributed by atoms with van der Waals surface area (Å²) in [5.74, 6) is 0. The normalized spacial score (nSPS) is 11.8. The molecule has 0 aliphatic rings. The van der Waals surface area contributed by atoms with Crippen LogP contribution in [-0.2, 0) is 6.54 Å². The van der Waals surface area contributed by atoms with E-state index >= 15 is 0 Å². The molecule has 1 N–H and O–H groups in total. The highest BCUT2D eigenvalue weighted by Gasteiger charge is 2.05. The van der Waals surface area contributed by atoms with Crippen molar-refractivity contribution in [2.24, 2.45) is 0 Å². The van der Waals surface area contributed by atoms with Gasteiger partial charge in [-0.2, -0.15) is 5.26 Å². The van der Waals surface area contributed by atoms with E-state index in [9.17, 15) is 0 Å². The van der Waals surface area contributed by atoms with Crippen molar-refractivity contribution in [3.05, 3.63) is 70.8 Å². The van der Waals surface area contributed by atoms with Gasteiger partial charge in [0.15, 0.2) is 0 Å². The lowest BCUT2D eigenvalue weighted by Crippen LogP contribution is -2.18. The Kier molecular flexibility index (Phi) is 4.33. The lowest BCUT2D eigenvalue weighted by molar-refractivity contribution is 0.573. The zero-order valence-electron chi connectivity index (χ0n) is 11.4. The van der Waals surface area contributed by atoms with Crippen LogP contribution < -0.4 is 5.32 Å². The zero-order chi connectivity index (χ0) is 13.7. The summed E-state index contributed by atoms with van der Waals surface area (Å²) >= 11 is 0. The number of hydrogen-bond donors (Lipinski definition) is 1. The molecule has 0 bridgehead atoms. The highest BCUT2D eigenvalue weighted by molar-refractivity contribution is 5.37. The standard InChI is InChI=1S/C17H18N2/c1-13-10-15(11-18)8-9-17(13)12-19-14(2)16-6-4-3-5-7-16/h3-10,14,19H,12H2,1-2H3/t14-/m0/s1. The Morgan fingerprint density at radius 2 is 1.89 bits per heavy atom. The monoisotopic (exact) mass is 250 g/mol. The maximum Gasteiger partial charge on any atom is 0.0991 e.